The molecular weight excluding hydrogens is 398 g/mol. The zero-order valence-electron chi connectivity index (χ0n) is 14.5. The molecule has 0 unspecified atom stereocenters. The molecule has 9 heteroatoms. The number of hydrogen-bond donors (Lipinski definition) is 0. The Morgan fingerprint density at radius 2 is 2.04 bits per heavy atom. The Balaban J connectivity index is 1.45. The summed E-state index contributed by atoms with van der Waals surface area (Å²) in [5.74, 6) is 0.602. The second kappa shape index (κ2) is 7.87. The highest BCUT2D eigenvalue weighted by Gasteiger charge is 2.11. The number of carbonyl (C=O) groups is 1. The molecule has 0 N–H and O–H groups in total. The van der Waals surface area contributed by atoms with E-state index in [0.717, 1.165) is 0 Å². The van der Waals surface area contributed by atoms with Crippen molar-refractivity contribution in [2.75, 3.05) is 0 Å². The van der Waals surface area contributed by atoms with E-state index in [4.69, 9.17) is 11.6 Å². The summed E-state index contributed by atoms with van der Waals surface area (Å²) in [5.41, 5.74) is 1.23. The minimum atomic E-state index is -0.128. The van der Waals surface area contributed by atoms with Crippen LogP contribution < -0.4 is 5.56 Å². The van der Waals surface area contributed by atoms with Gasteiger partial charge in [-0.1, -0.05) is 22.9 Å². The van der Waals surface area contributed by atoms with Gasteiger partial charge in [0.2, 0.25) is 0 Å². The van der Waals surface area contributed by atoms with Gasteiger partial charge in [-0.15, -0.1) is 16.4 Å². The van der Waals surface area contributed by atoms with Crippen LogP contribution in [-0.4, -0.2) is 30.3 Å². The van der Waals surface area contributed by atoms with Crippen molar-refractivity contribution in [3.05, 3.63) is 86.3 Å². The topological polar surface area (TPSA) is 82.7 Å². The number of Topliss-reactive ketones (excluding diaryl/α,β-unsaturated/α-hetero) is 1. The molecule has 0 aliphatic rings. The maximum atomic E-state index is 12.2. The van der Waals surface area contributed by atoms with E-state index < -0.39 is 0 Å². The predicted molar refractivity (Wildman–Crippen MR) is 107 cm³/mol. The van der Waals surface area contributed by atoms with Crippen LogP contribution in [0.15, 0.2) is 65.8 Å². The smallest absolute Gasteiger partial charge is 0.255 e. The van der Waals surface area contributed by atoms with E-state index in [0.29, 0.717) is 39.3 Å². The molecule has 4 aromatic rings. The van der Waals surface area contributed by atoms with Crippen molar-refractivity contribution in [2.24, 2.45) is 0 Å². The summed E-state index contributed by atoms with van der Waals surface area (Å²) in [5, 5.41) is 8.17. The molecule has 0 amide bonds. The number of rotatable bonds is 6. The monoisotopic (exact) mass is 411 g/mol. The fourth-order valence-corrected chi connectivity index (χ4v) is 3.66. The van der Waals surface area contributed by atoms with Gasteiger partial charge in [0, 0.05) is 25.1 Å². The number of thiophene rings is 1. The van der Waals surface area contributed by atoms with E-state index in [2.05, 4.69) is 15.3 Å². The first-order valence-corrected chi connectivity index (χ1v) is 9.64. The molecule has 28 heavy (non-hydrogen) atoms. The lowest BCUT2D eigenvalue weighted by Gasteiger charge is -2.05. The summed E-state index contributed by atoms with van der Waals surface area (Å²) in [7, 11) is 0. The van der Waals surface area contributed by atoms with Gasteiger partial charge in [-0.2, -0.15) is 0 Å². The van der Waals surface area contributed by atoms with Gasteiger partial charge in [0.1, 0.15) is 0 Å². The Kier molecular flexibility index (Phi) is 5.14. The summed E-state index contributed by atoms with van der Waals surface area (Å²) >= 11 is 7.14. The van der Waals surface area contributed by atoms with Crippen LogP contribution in [0, 0.1) is 0 Å². The minimum absolute atomic E-state index is 0.0298. The average Bonchev–Trinajstić information content (AvgIpc) is 3.36. The van der Waals surface area contributed by atoms with Gasteiger partial charge in [-0.3, -0.25) is 14.2 Å². The molecule has 140 valence electrons. The fourth-order valence-electron chi connectivity index (χ4n) is 2.65. The van der Waals surface area contributed by atoms with Gasteiger partial charge < -0.3 is 0 Å². The van der Waals surface area contributed by atoms with Gasteiger partial charge in [0.05, 0.1) is 33.0 Å². The normalized spacial score (nSPS) is 10.9. The highest BCUT2D eigenvalue weighted by Crippen LogP contribution is 2.23. The SMILES string of the molecule is O=C(CCc1cn(-c2ccc(-n3ccccc3=O)cn2)nn1)c1ccc(Cl)s1. The Labute approximate surface area is 168 Å². The first kappa shape index (κ1) is 18.3. The first-order valence-electron chi connectivity index (χ1n) is 8.44. The molecule has 7 nitrogen and oxygen atoms in total. The van der Waals surface area contributed by atoms with Crippen LogP contribution >= 0.6 is 22.9 Å². The van der Waals surface area contributed by atoms with Crippen molar-refractivity contribution in [2.45, 2.75) is 12.8 Å². The number of ketones is 1. The predicted octanol–water partition coefficient (Wildman–Crippen LogP) is 3.34. The largest absolute Gasteiger partial charge is 0.293 e. The second-order valence-electron chi connectivity index (χ2n) is 5.96. The Hall–Kier alpha value is -3.10. The average molecular weight is 412 g/mol. The van der Waals surface area contributed by atoms with Crippen LogP contribution in [0.25, 0.3) is 11.5 Å². The molecule has 0 aromatic carbocycles. The molecule has 0 saturated carbocycles. The summed E-state index contributed by atoms with van der Waals surface area (Å²) in [4.78, 5) is 29.0. The van der Waals surface area contributed by atoms with E-state index in [1.165, 1.54) is 22.0 Å². The number of hydrogen-bond acceptors (Lipinski definition) is 6. The van der Waals surface area contributed by atoms with E-state index in [1.54, 1.807) is 59.7 Å². The zero-order chi connectivity index (χ0) is 19.5. The van der Waals surface area contributed by atoms with Crippen molar-refractivity contribution in [3.8, 4) is 11.5 Å². The van der Waals surface area contributed by atoms with Crippen LogP contribution in [0.3, 0.4) is 0 Å². The molecule has 0 aliphatic carbocycles. The quantitative estimate of drug-likeness (QED) is 0.454. The minimum Gasteiger partial charge on any atom is -0.293 e. The lowest BCUT2D eigenvalue weighted by molar-refractivity contribution is 0.0986. The summed E-state index contributed by atoms with van der Waals surface area (Å²) in [6, 6.07) is 12.0. The maximum absolute atomic E-state index is 12.2. The standard InChI is InChI=1S/C19H14ClN5O2S/c20-17-8-7-16(28-17)15(26)6-4-13-12-25(23-22-13)18-9-5-14(11-21-18)24-10-2-1-3-19(24)27/h1-3,5,7-12H,4,6H2. The Morgan fingerprint density at radius 3 is 2.75 bits per heavy atom. The fraction of sp³-hybridized carbons (Fsp3) is 0.105. The Morgan fingerprint density at radius 1 is 1.14 bits per heavy atom. The van der Waals surface area contributed by atoms with Crippen LogP contribution in [0.4, 0.5) is 0 Å². The second-order valence-corrected chi connectivity index (χ2v) is 7.68. The van der Waals surface area contributed by atoms with Crippen molar-refractivity contribution >= 4 is 28.7 Å². The van der Waals surface area contributed by atoms with E-state index >= 15 is 0 Å². The number of aryl methyl sites for hydroxylation is 1. The number of aromatic nitrogens is 5. The lowest BCUT2D eigenvalue weighted by atomic mass is 10.1. The molecule has 0 spiro atoms. The summed E-state index contributed by atoms with van der Waals surface area (Å²) in [6.07, 6.45) is 5.84. The number of pyridine rings is 2. The third-order valence-electron chi connectivity index (χ3n) is 4.06. The maximum Gasteiger partial charge on any atom is 0.255 e. The van der Waals surface area contributed by atoms with Crippen LogP contribution in [0.2, 0.25) is 4.34 Å². The first-order chi connectivity index (χ1) is 13.6. The van der Waals surface area contributed by atoms with Crippen molar-refractivity contribution in [1.29, 1.82) is 0 Å². The van der Waals surface area contributed by atoms with E-state index in [-0.39, 0.29) is 11.3 Å². The van der Waals surface area contributed by atoms with Crippen molar-refractivity contribution in [3.63, 3.8) is 0 Å². The highest BCUT2D eigenvalue weighted by atomic mass is 35.5. The molecular formula is C19H14ClN5O2S. The van der Waals surface area contributed by atoms with Crippen molar-refractivity contribution in [1.82, 2.24) is 24.5 Å². The van der Waals surface area contributed by atoms with E-state index in [1.807, 2.05) is 0 Å². The molecule has 0 atom stereocenters. The third kappa shape index (κ3) is 3.92. The number of nitrogens with zero attached hydrogens (tertiary/aromatic N) is 5. The molecule has 4 heterocycles. The Bertz CT molecular complexity index is 1180. The molecule has 0 bridgehead atoms. The molecule has 4 aromatic heterocycles. The summed E-state index contributed by atoms with van der Waals surface area (Å²) in [6.45, 7) is 0. The van der Waals surface area contributed by atoms with Gasteiger partial charge in [-0.05, 0) is 30.3 Å². The number of carbonyl (C=O) groups excluding carboxylic acids is 1. The van der Waals surface area contributed by atoms with Crippen LogP contribution in [0.5, 0.6) is 0 Å². The van der Waals surface area contributed by atoms with Gasteiger partial charge >= 0.3 is 0 Å². The van der Waals surface area contributed by atoms with Crippen LogP contribution in [0.1, 0.15) is 21.8 Å². The van der Waals surface area contributed by atoms with Crippen molar-refractivity contribution < 1.29 is 4.79 Å². The van der Waals surface area contributed by atoms with E-state index in [9.17, 15) is 9.59 Å². The zero-order valence-corrected chi connectivity index (χ0v) is 16.1. The lowest BCUT2D eigenvalue weighted by Crippen LogP contribution is -2.15. The van der Waals surface area contributed by atoms with Crippen LogP contribution in [-0.2, 0) is 6.42 Å². The summed E-state index contributed by atoms with van der Waals surface area (Å²) < 4.78 is 3.65. The highest BCUT2D eigenvalue weighted by molar-refractivity contribution is 7.18. The molecule has 0 fully saturated rings. The van der Waals surface area contributed by atoms with Gasteiger partial charge in [-0.25, -0.2) is 9.67 Å². The molecule has 4 rings (SSSR count). The third-order valence-corrected chi connectivity index (χ3v) is 5.34. The molecule has 0 radical (unpaired) electrons. The molecule has 0 saturated heterocycles. The molecule has 0 aliphatic heterocycles. The number of halogens is 1. The van der Waals surface area contributed by atoms with Gasteiger partial charge in [0.25, 0.3) is 5.56 Å². The van der Waals surface area contributed by atoms with Gasteiger partial charge in [0.15, 0.2) is 11.6 Å².